The van der Waals surface area contributed by atoms with Gasteiger partial charge < -0.3 is 0 Å². The molecule has 0 aliphatic heterocycles. The summed E-state index contributed by atoms with van der Waals surface area (Å²) in [5.74, 6) is 0. The first kappa shape index (κ1) is 16.6. The standard InChI is InChI=1S/C13H20N2O2.CH4/c1-10(2)14(11(3)4)9-12-7-5-6-8-13(12)15(16)17;/h5-8,10-11H,9H2,1-4H3;1H4. The lowest BCUT2D eigenvalue weighted by Gasteiger charge is -2.30. The summed E-state index contributed by atoms with van der Waals surface area (Å²) in [4.78, 5) is 12.9. The maximum atomic E-state index is 10.9. The highest BCUT2D eigenvalue weighted by Gasteiger charge is 2.19. The van der Waals surface area contributed by atoms with E-state index in [1.165, 1.54) is 0 Å². The van der Waals surface area contributed by atoms with Gasteiger partial charge in [0, 0.05) is 30.3 Å². The van der Waals surface area contributed by atoms with Crippen molar-refractivity contribution in [2.75, 3.05) is 0 Å². The van der Waals surface area contributed by atoms with Gasteiger partial charge in [-0.15, -0.1) is 0 Å². The van der Waals surface area contributed by atoms with Crippen LogP contribution >= 0.6 is 0 Å². The summed E-state index contributed by atoms with van der Waals surface area (Å²) < 4.78 is 0. The first-order chi connectivity index (χ1) is 7.93. The predicted octanol–water partition coefficient (Wildman–Crippen LogP) is 3.85. The SMILES string of the molecule is C.CC(C)N(Cc1ccccc1[N+](=O)[O-])C(C)C. The highest BCUT2D eigenvalue weighted by Crippen LogP contribution is 2.21. The molecule has 0 aliphatic rings. The van der Waals surface area contributed by atoms with Crippen LogP contribution in [-0.4, -0.2) is 21.9 Å². The van der Waals surface area contributed by atoms with E-state index in [1.807, 2.05) is 12.1 Å². The van der Waals surface area contributed by atoms with Crippen LogP contribution < -0.4 is 0 Å². The maximum absolute atomic E-state index is 10.9. The zero-order chi connectivity index (χ0) is 13.0. The maximum Gasteiger partial charge on any atom is 0.273 e. The van der Waals surface area contributed by atoms with E-state index in [2.05, 4.69) is 32.6 Å². The molecule has 0 bridgehead atoms. The number of rotatable bonds is 5. The third-order valence-electron chi connectivity index (χ3n) is 2.87. The summed E-state index contributed by atoms with van der Waals surface area (Å²) in [6.07, 6.45) is 0. The molecular weight excluding hydrogens is 228 g/mol. The van der Waals surface area contributed by atoms with E-state index >= 15 is 0 Å². The van der Waals surface area contributed by atoms with Crippen LogP contribution in [0, 0.1) is 10.1 Å². The topological polar surface area (TPSA) is 46.4 Å². The number of hydrogen-bond acceptors (Lipinski definition) is 3. The van der Waals surface area contributed by atoms with Crippen molar-refractivity contribution in [3.63, 3.8) is 0 Å². The molecule has 4 nitrogen and oxygen atoms in total. The van der Waals surface area contributed by atoms with Crippen LogP contribution in [0.5, 0.6) is 0 Å². The van der Waals surface area contributed by atoms with E-state index in [4.69, 9.17) is 0 Å². The normalized spacial score (nSPS) is 10.8. The van der Waals surface area contributed by atoms with Crippen LogP contribution in [0.4, 0.5) is 5.69 Å². The van der Waals surface area contributed by atoms with Crippen LogP contribution in [0.2, 0.25) is 0 Å². The Bertz CT molecular complexity index is 381. The Morgan fingerprint density at radius 1 is 1.17 bits per heavy atom. The summed E-state index contributed by atoms with van der Waals surface area (Å²) >= 11 is 0. The molecule has 0 aromatic heterocycles. The number of nitro benzene ring substituents is 1. The van der Waals surface area contributed by atoms with Crippen molar-refractivity contribution in [3.05, 3.63) is 39.9 Å². The Morgan fingerprint density at radius 3 is 2.11 bits per heavy atom. The number of hydrogen-bond donors (Lipinski definition) is 0. The minimum atomic E-state index is -0.311. The van der Waals surface area contributed by atoms with Crippen LogP contribution in [-0.2, 0) is 6.54 Å². The molecule has 0 fully saturated rings. The van der Waals surface area contributed by atoms with Gasteiger partial charge in [-0.05, 0) is 27.7 Å². The van der Waals surface area contributed by atoms with Gasteiger partial charge in [0.1, 0.15) is 0 Å². The van der Waals surface area contributed by atoms with Gasteiger partial charge in [-0.3, -0.25) is 15.0 Å². The van der Waals surface area contributed by atoms with Gasteiger partial charge in [0.05, 0.1) is 4.92 Å². The molecule has 18 heavy (non-hydrogen) atoms. The molecule has 102 valence electrons. The summed E-state index contributed by atoms with van der Waals surface area (Å²) in [5.41, 5.74) is 0.985. The van der Waals surface area contributed by atoms with Crippen LogP contribution in [0.3, 0.4) is 0 Å². The first-order valence-electron chi connectivity index (χ1n) is 5.91. The zero-order valence-corrected chi connectivity index (χ0v) is 10.9. The molecule has 1 aromatic carbocycles. The fourth-order valence-corrected chi connectivity index (χ4v) is 1.98. The first-order valence-corrected chi connectivity index (χ1v) is 5.91. The van der Waals surface area contributed by atoms with E-state index in [-0.39, 0.29) is 18.0 Å². The molecule has 4 heteroatoms. The Kier molecular flexibility index (Phi) is 6.55. The fourth-order valence-electron chi connectivity index (χ4n) is 1.98. The average Bonchev–Trinajstić information content (AvgIpc) is 2.25. The Hall–Kier alpha value is -1.42. The lowest BCUT2D eigenvalue weighted by Crippen LogP contribution is -2.36. The second kappa shape index (κ2) is 7.11. The number of benzene rings is 1. The number of para-hydroxylation sites is 1. The molecule has 0 atom stereocenters. The second-order valence-corrected chi connectivity index (χ2v) is 4.75. The lowest BCUT2D eigenvalue weighted by molar-refractivity contribution is -0.385. The molecule has 0 radical (unpaired) electrons. The molecule has 0 N–H and O–H groups in total. The molecule has 0 aliphatic carbocycles. The summed E-state index contributed by atoms with van der Waals surface area (Å²) in [5, 5.41) is 10.9. The Balaban J connectivity index is 0.00000289. The second-order valence-electron chi connectivity index (χ2n) is 4.75. The van der Waals surface area contributed by atoms with E-state index in [9.17, 15) is 10.1 Å². The number of nitro groups is 1. The molecule has 0 unspecified atom stereocenters. The summed E-state index contributed by atoms with van der Waals surface area (Å²) in [7, 11) is 0. The Morgan fingerprint density at radius 2 is 1.67 bits per heavy atom. The van der Waals surface area contributed by atoms with Crippen LogP contribution in [0.1, 0.15) is 40.7 Å². The smallest absolute Gasteiger partial charge is 0.273 e. The van der Waals surface area contributed by atoms with Gasteiger partial charge in [0.15, 0.2) is 0 Å². The highest BCUT2D eigenvalue weighted by atomic mass is 16.6. The van der Waals surface area contributed by atoms with Crippen LogP contribution in [0.15, 0.2) is 24.3 Å². The molecule has 0 spiro atoms. The van der Waals surface area contributed by atoms with Crippen molar-refractivity contribution >= 4 is 5.69 Å². The van der Waals surface area contributed by atoms with Crippen molar-refractivity contribution in [3.8, 4) is 0 Å². The van der Waals surface area contributed by atoms with Gasteiger partial charge in [0.25, 0.3) is 5.69 Å². The van der Waals surface area contributed by atoms with E-state index in [0.29, 0.717) is 18.6 Å². The van der Waals surface area contributed by atoms with Crippen molar-refractivity contribution in [2.45, 2.75) is 53.8 Å². The predicted molar refractivity (Wildman–Crippen MR) is 75.6 cm³/mol. The van der Waals surface area contributed by atoms with E-state index in [0.717, 1.165) is 5.56 Å². The Labute approximate surface area is 110 Å². The monoisotopic (exact) mass is 252 g/mol. The molecular formula is C14H24N2O2. The van der Waals surface area contributed by atoms with Gasteiger partial charge in [-0.25, -0.2) is 0 Å². The molecule has 0 heterocycles. The third-order valence-corrected chi connectivity index (χ3v) is 2.87. The van der Waals surface area contributed by atoms with Gasteiger partial charge in [0.2, 0.25) is 0 Å². The zero-order valence-electron chi connectivity index (χ0n) is 10.9. The molecule has 1 rings (SSSR count). The minimum absolute atomic E-state index is 0. The molecule has 0 saturated carbocycles. The largest absolute Gasteiger partial charge is 0.294 e. The minimum Gasteiger partial charge on any atom is -0.294 e. The number of nitrogens with zero attached hydrogens (tertiary/aromatic N) is 2. The van der Waals surface area contributed by atoms with Gasteiger partial charge in [-0.2, -0.15) is 0 Å². The highest BCUT2D eigenvalue weighted by molar-refractivity contribution is 5.39. The van der Waals surface area contributed by atoms with E-state index in [1.54, 1.807) is 12.1 Å². The fraction of sp³-hybridized carbons (Fsp3) is 0.571. The van der Waals surface area contributed by atoms with E-state index < -0.39 is 0 Å². The van der Waals surface area contributed by atoms with Crippen molar-refractivity contribution < 1.29 is 4.92 Å². The van der Waals surface area contributed by atoms with Crippen molar-refractivity contribution in [1.29, 1.82) is 0 Å². The lowest BCUT2D eigenvalue weighted by atomic mass is 10.1. The third kappa shape index (κ3) is 4.11. The molecule has 1 aromatic rings. The molecule has 0 amide bonds. The quantitative estimate of drug-likeness (QED) is 0.590. The van der Waals surface area contributed by atoms with Gasteiger partial charge >= 0.3 is 0 Å². The summed E-state index contributed by atoms with van der Waals surface area (Å²) in [6.45, 7) is 9.04. The van der Waals surface area contributed by atoms with Crippen molar-refractivity contribution in [1.82, 2.24) is 4.90 Å². The van der Waals surface area contributed by atoms with Crippen LogP contribution in [0.25, 0.3) is 0 Å². The van der Waals surface area contributed by atoms with Gasteiger partial charge in [-0.1, -0.05) is 25.6 Å². The molecule has 0 saturated heterocycles. The average molecular weight is 252 g/mol. The summed E-state index contributed by atoms with van der Waals surface area (Å²) in [6, 6.07) is 7.69. The van der Waals surface area contributed by atoms with Crippen molar-refractivity contribution in [2.24, 2.45) is 0 Å².